The van der Waals surface area contributed by atoms with Crippen LogP contribution in [-0.4, -0.2) is 43.5 Å². The molecule has 1 aliphatic carbocycles. The van der Waals surface area contributed by atoms with Crippen LogP contribution in [0.3, 0.4) is 0 Å². The number of aldehydes is 1. The van der Waals surface area contributed by atoms with Gasteiger partial charge in [-0.25, -0.2) is 9.97 Å². The maximum absolute atomic E-state index is 11.8. The van der Waals surface area contributed by atoms with Crippen molar-refractivity contribution >= 4 is 34.9 Å². The average Bonchev–Trinajstić information content (AvgIpc) is 3.08. The standard InChI is InChI=1S/C20H23N5O2S/c1-2-14-13(11-26)17-18(22-14)24-20(28-12-6-5-9-21-10-12)25-19(17)23-15-7-3-4-8-16(15)27/h5-6,9-11,15-16,27H,2-4,7-8H2,1H3,(H2,22,23,24,25)/t15-,16-/m1/s1. The minimum Gasteiger partial charge on any atom is -0.391 e. The summed E-state index contributed by atoms with van der Waals surface area (Å²) in [7, 11) is 0. The molecule has 0 unspecified atom stereocenters. The van der Waals surface area contributed by atoms with Crippen LogP contribution in [0.1, 0.15) is 48.7 Å². The number of nitrogens with zero attached hydrogens (tertiary/aromatic N) is 3. The van der Waals surface area contributed by atoms with E-state index in [0.717, 1.165) is 42.6 Å². The van der Waals surface area contributed by atoms with Crippen LogP contribution in [0, 0.1) is 0 Å². The third kappa shape index (κ3) is 3.74. The maximum atomic E-state index is 11.8. The molecule has 0 aliphatic heterocycles. The number of hydrogen-bond acceptors (Lipinski definition) is 7. The summed E-state index contributed by atoms with van der Waals surface area (Å²) >= 11 is 1.41. The number of rotatable bonds is 6. The minimum atomic E-state index is -0.419. The maximum Gasteiger partial charge on any atom is 0.196 e. The summed E-state index contributed by atoms with van der Waals surface area (Å²) in [6.07, 6.45) is 8.37. The molecule has 3 heterocycles. The Morgan fingerprint density at radius 2 is 2.21 bits per heavy atom. The van der Waals surface area contributed by atoms with Crippen molar-refractivity contribution in [3.05, 3.63) is 35.8 Å². The molecule has 3 aromatic heterocycles. The van der Waals surface area contributed by atoms with Crippen molar-refractivity contribution < 1.29 is 9.90 Å². The highest BCUT2D eigenvalue weighted by molar-refractivity contribution is 7.99. The summed E-state index contributed by atoms with van der Waals surface area (Å²) in [5.74, 6) is 0.598. The van der Waals surface area contributed by atoms with Gasteiger partial charge in [-0.2, -0.15) is 0 Å². The van der Waals surface area contributed by atoms with Gasteiger partial charge in [0.2, 0.25) is 0 Å². The Bertz CT molecular complexity index is 976. The molecule has 0 spiro atoms. The number of carbonyl (C=O) groups excluding carboxylic acids is 1. The first-order valence-electron chi connectivity index (χ1n) is 9.59. The van der Waals surface area contributed by atoms with E-state index in [-0.39, 0.29) is 6.04 Å². The number of pyridine rings is 1. The number of fused-ring (bicyclic) bond motifs is 1. The van der Waals surface area contributed by atoms with Crippen LogP contribution < -0.4 is 5.32 Å². The molecule has 1 saturated carbocycles. The number of anilines is 1. The van der Waals surface area contributed by atoms with E-state index in [4.69, 9.17) is 4.98 Å². The van der Waals surface area contributed by atoms with Crippen molar-refractivity contribution in [2.75, 3.05) is 5.32 Å². The SMILES string of the molecule is CCc1[nH]c2nc(Sc3cccnc3)nc(N[C@@H]3CCCC[C@H]3O)c2c1C=O. The second kappa shape index (κ2) is 8.28. The molecule has 0 aromatic carbocycles. The summed E-state index contributed by atoms with van der Waals surface area (Å²) in [6.45, 7) is 1.99. The van der Waals surface area contributed by atoms with Crippen molar-refractivity contribution in [1.82, 2.24) is 19.9 Å². The number of aromatic amines is 1. The lowest BCUT2D eigenvalue weighted by Gasteiger charge is -2.29. The number of aryl methyl sites for hydroxylation is 1. The molecule has 8 heteroatoms. The third-order valence-corrected chi connectivity index (χ3v) is 5.96. The molecule has 28 heavy (non-hydrogen) atoms. The molecule has 2 atom stereocenters. The molecular formula is C20H23N5O2S. The van der Waals surface area contributed by atoms with Crippen LogP contribution in [-0.2, 0) is 6.42 Å². The van der Waals surface area contributed by atoms with Crippen LogP contribution in [0.2, 0.25) is 0 Å². The zero-order valence-corrected chi connectivity index (χ0v) is 16.5. The minimum absolute atomic E-state index is 0.0810. The number of aliphatic hydroxyl groups excluding tert-OH is 1. The Labute approximate surface area is 167 Å². The third-order valence-electron chi connectivity index (χ3n) is 5.12. The average molecular weight is 398 g/mol. The Morgan fingerprint density at radius 3 is 2.93 bits per heavy atom. The van der Waals surface area contributed by atoms with E-state index >= 15 is 0 Å². The van der Waals surface area contributed by atoms with Crippen molar-refractivity contribution in [3.63, 3.8) is 0 Å². The highest BCUT2D eigenvalue weighted by Gasteiger charge is 2.26. The summed E-state index contributed by atoms with van der Waals surface area (Å²) in [5, 5.41) is 15.1. The number of H-pyrrole nitrogens is 1. The van der Waals surface area contributed by atoms with Crippen molar-refractivity contribution in [2.45, 2.75) is 61.2 Å². The number of hydrogen-bond donors (Lipinski definition) is 3. The molecule has 1 aliphatic rings. The predicted octanol–water partition coefficient (Wildman–Crippen LogP) is 3.59. The Morgan fingerprint density at radius 1 is 1.36 bits per heavy atom. The van der Waals surface area contributed by atoms with Gasteiger partial charge in [-0.15, -0.1) is 0 Å². The van der Waals surface area contributed by atoms with E-state index in [9.17, 15) is 9.90 Å². The number of nitrogens with one attached hydrogen (secondary N) is 2. The number of carbonyl (C=O) groups is 1. The first kappa shape index (κ1) is 18.9. The van der Waals surface area contributed by atoms with E-state index in [1.165, 1.54) is 11.8 Å². The van der Waals surface area contributed by atoms with Gasteiger partial charge in [0.25, 0.3) is 0 Å². The van der Waals surface area contributed by atoms with Crippen molar-refractivity contribution in [2.24, 2.45) is 0 Å². The van der Waals surface area contributed by atoms with Gasteiger partial charge < -0.3 is 15.4 Å². The highest BCUT2D eigenvalue weighted by atomic mass is 32.2. The fraction of sp³-hybridized carbons (Fsp3) is 0.400. The fourth-order valence-corrected chi connectivity index (χ4v) is 4.42. The topological polar surface area (TPSA) is 104 Å². The summed E-state index contributed by atoms with van der Waals surface area (Å²) < 4.78 is 0. The summed E-state index contributed by atoms with van der Waals surface area (Å²) in [5.41, 5.74) is 2.06. The molecule has 3 aromatic rings. The van der Waals surface area contributed by atoms with E-state index in [0.29, 0.717) is 34.0 Å². The quantitative estimate of drug-likeness (QED) is 0.431. The molecule has 0 bridgehead atoms. The number of aliphatic hydroxyl groups is 1. The number of aromatic nitrogens is 4. The van der Waals surface area contributed by atoms with Crippen LogP contribution in [0.15, 0.2) is 34.6 Å². The van der Waals surface area contributed by atoms with Gasteiger partial charge in [-0.3, -0.25) is 9.78 Å². The first-order valence-corrected chi connectivity index (χ1v) is 10.4. The van der Waals surface area contributed by atoms with Crippen LogP contribution in [0.5, 0.6) is 0 Å². The monoisotopic (exact) mass is 397 g/mol. The lowest BCUT2D eigenvalue weighted by Crippen LogP contribution is -2.36. The van der Waals surface area contributed by atoms with E-state index in [1.54, 1.807) is 12.4 Å². The molecule has 4 rings (SSSR count). The first-order chi connectivity index (χ1) is 13.7. The van der Waals surface area contributed by atoms with Gasteiger partial charge in [0, 0.05) is 28.5 Å². The van der Waals surface area contributed by atoms with E-state index < -0.39 is 6.10 Å². The van der Waals surface area contributed by atoms with Gasteiger partial charge in [0.15, 0.2) is 11.4 Å². The van der Waals surface area contributed by atoms with Crippen molar-refractivity contribution in [3.8, 4) is 0 Å². The van der Waals surface area contributed by atoms with Crippen LogP contribution in [0.25, 0.3) is 11.0 Å². The predicted molar refractivity (Wildman–Crippen MR) is 109 cm³/mol. The molecule has 146 valence electrons. The molecule has 3 N–H and O–H groups in total. The lowest BCUT2D eigenvalue weighted by molar-refractivity contribution is 0.112. The van der Waals surface area contributed by atoms with Gasteiger partial charge in [0.1, 0.15) is 11.5 Å². The second-order valence-electron chi connectivity index (χ2n) is 6.96. The van der Waals surface area contributed by atoms with E-state index in [1.807, 2.05) is 19.1 Å². The zero-order chi connectivity index (χ0) is 19.5. The molecule has 1 fully saturated rings. The summed E-state index contributed by atoms with van der Waals surface area (Å²) in [4.78, 5) is 29.4. The van der Waals surface area contributed by atoms with Gasteiger partial charge >= 0.3 is 0 Å². The second-order valence-corrected chi connectivity index (χ2v) is 8.00. The van der Waals surface area contributed by atoms with Gasteiger partial charge in [0.05, 0.1) is 17.5 Å². The molecule has 0 saturated heterocycles. The molecule has 0 amide bonds. The van der Waals surface area contributed by atoms with Crippen LogP contribution in [0.4, 0.5) is 5.82 Å². The largest absolute Gasteiger partial charge is 0.391 e. The zero-order valence-electron chi connectivity index (χ0n) is 15.7. The Kier molecular flexibility index (Phi) is 5.59. The van der Waals surface area contributed by atoms with Crippen LogP contribution >= 0.6 is 11.8 Å². The smallest absolute Gasteiger partial charge is 0.196 e. The lowest BCUT2D eigenvalue weighted by atomic mass is 9.92. The molecular weight excluding hydrogens is 374 g/mol. The Hall–Kier alpha value is -2.45. The van der Waals surface area contributed by atoms with Gasteiger partial charge in [-0.05, 0) is 43.2 Å². The summed E-state index contributed by atoms with van der Waals surface area (Å²) in [6, 6.07) is 3.74. The molecule has 0 radical (unpaired) electrons. The highest BCUT2D eigenvalue weighted by Crippen LogP contribution is 2.33. The Balaban J connectivity index is 1.78. The van der Waals surface area contributed by atoms with E-state index in [2.05, 4.69) is 20.3 Å². The van der Waals surface area contributed by atoms with Gasteiger partial charge in [-0.1, -0.05) is 19.8 Å². The van der Waals surface area contributed by atoms with Crippen molar-refractivity contribution in [1.29, 1.82) is 0 Å². The normalized spacial score (nSPS) is 19.6. The molecule has 7 nitrogen and oxygen atoms in total. The fourth-order valence-electron chi connectivity index (χ4n) is 3.67.